The van der Waals surface area contributed by atoms with E-state index < -0.39 is 11.7 Å². The number of hydrogen-bond acceptors (Lipinski definition) is 6. The zero-order valence-electron chi connectivity index (χ0n) is 16.3. The van der Waals surface area contributed by atoms with Crippen molar-refractivity contribution in [2.45, 2.75) is 44.9 Å². The van der Waals surface area contributed by atoms with E-state index in [1.54, 1.807) is 6.07 Å². The Morgan fingerprint density at radius 1 is 1.38 bits per heavy atom. The Hall–Kier alpha value is -2.36. The van der Waals surface area contributed by atoms with Gasteiger partial charge in [0.25, 0.3) is 0 Å². The maximum Gasteiger partial charge on any atom is 0.234 e. The first-order valence-corrected chi connectivity index (χ1v) is 10.5. The van der Waals surface area contributed by atoms with Crippen molar-refractivity contribution in [2.24, 2.45) is 0 Å². The fraction of sp³-hybridized carbons (Fsp3) is 0.450. The van der Waals surface area contributed by atoms with Crippen molar-refractivity contribution in [1.29, 1.82) is 0 Å². The standard InChI is InChI=1S/C20H23FN4O3S/c1-11-7-25(8-12(2)28-11)9-14-10-29-20(22-14)24-19(27)16-6-18(26)23-17-5-13(21)3-4-15(16)17/h3-5,10-12,16H,6-9H2,1-2H3,(H,23,26)(H,22,24,27)/t11-,12+,16-/m0/s1. The highest BCUT2D eigenvalue weighted by Crippen LogP contribution is 2.34. The van der Waals surface area contributed by atoms with Crippen LogP contribution in [0.5, 0.6) is 0 Å². The molecular formula is C20H23FN4O3S. The Labute approximate surface area is 172 Å². The van der Waals surface area contributed by atoms with Crippen molar-refractivity contribution < 1.29 is 18.7 Å². The Balaban J connectivity index is 1.43. The number of hydrogen-bond donors (Lipinski definition) is 2. The Kier molecular flexibility index (Phi) is 5.62. The van der Waals surface area contributed by atoms with Gasteiger partial charge in [-0.25, -0.2) is 9.37 Å². The third-order valence-corrected chi connectivity index (χ3v) is 5.84. The largest absolute Gasteiger partial charge is 0.373 e. The molecule has 1 aromatic heterocycles. The van der Waals surface area contributed by atoms with Gasteiger partial charge in [-0.3, -0.25) is 14.5 Å². The second-order valence-electron chi connectivity index (χ2n) is 7.62. The summed E-state index contributed by atoms with van der Waals surface area (Å²) in [6.45, 7) is 6.49. The van der Waals surface area contributed by atoms with Crippen molar-refractivity contribution >= 4 is 34.0 Å². The third kappa shape index (κ3) is 4.63. The summed E-state index contributed by atoms with van der Waals surface area (Å²) < 4.78 is 19.2. The number of benzene rings is 1. The molecule has 0 spiro atoms. The van der Waals surface area contributed by atoms with Crippen LogP contribution < -0.4 is 10.6 Å². The molecule has 2 aliphatic heterocycles. The summed E-state index contributed by atoms with van der Waals surface area (Å²) in [7, 11) is 0. The van der Waals surface area contributed by atoms with Crippen LogP contribution in [0.2, 0.25) is 0 Å². The average Bonchev–Trinajstić information content (AvgIpc) is 3.06. The molecule has 1 fully saturated rings. The fourth-order valence-electron chi connectivity index (χ4n) is 3.94. The zero-order chi connectivity index (χ0) is 20.5. The number of morpholine rings is 1. The fourth-order valence-corrected chi connectivity index (χ4v) is 4.65. The second-order valence-corrected chi connectivity index (χ2v) is 8.48. The van der Waals surface area contributed by atoms with Crippen LogP contribution in [0.1, 0.15) is 37.4 Å². The van der Waals surface area contributed by atoms with Crippen LogP contribution in [0.4, 0.5) is 15.2 Å². The molecule has 0 aliphatic carbocycles. The van der Waals surface area contributed by atoms with Gasteiger partial charge in [0, 0.05) is 37.1 Å². The Morgan fingerprint density at radius 2 is 2.14 bits per heavy atom. The smallest absolute Gasteiger partial charge is 0.234 e. The predicted molar refractivity (Wildman–Crippen MR) is 108 cm³/mol. The Morgan fingerprint density at radius 3 is 2.90 bits per heavy atom. The van der Waals surface area contributed by atoms with Crippen LogP contribution in [0, 0.1) is 5.82 Å². The number of fused-ring (bicyclic) bond motifs is 1. The minimum absolute atomic E-state index is 0.0201. The minimum Gasteiger partial charge on any atom is -0.373 e. The van der Waals surface area contributed by atoms with E-state index in [1.807, 2.05) is 5.38 Å². The van der Waals surface area contributed by atoms with E-state index in [0.717, 1.165) is 18.8 Å². The van der Waals surface area contributed by atoms with E-state index in [9.17, 15) is 14.0 Å². The molecule has 9 heteroatoms. The number of ether oxygens (including phenoxy) is 1. The summed E-state index contributed by atoms with van der Waals surface area (Å²) in [6.07, 6.45) is 0.379. The molecule has 2 aromatic rings. The van der Waals surface area contributed by atoms with Crippen molar-refractivity contribution in [3.8, 4) is 0 Å². The molecule has 2 aliphatic rings. The number of amides is 2. The van der Waals surface area contributed by atoms with E-state index in [4.69, 9.17) is 4.74 Å². The number of carbonyl (C=O) groups is 2. The molecule has 0 bridgehead atoms. The van der Waals surface area contributed by atoms with Gasteiger partial charge in [-0.05, 0) is 31.5 Å². The Bertz CT molecular complexity index is 924. The maximum atomic E-state index is 13.5. The van der Waals surface area contributed by atoms with Gasteiger partial charge in [-0.1, -0.05) is 6.07 Å². The van der Waals surface area contributed by atoms with Gasteiger partial charge in [0.05, 0.1) is 23.8 Å². The van der Waals surface area contributed by atoms with Crippen LogP contribution in [0.15, 0.2) is 23.6 Å². The van der Waals surface area contributed by atoms with E-state index in [0.29, 0.717) is 22.9 Å². The van der Waals surface area contributed by atoms with Crippen molar-refractivity contribution in [2.75, 3.05) is 23.7 Å². The normalized spacial score (nSPS) is 24.7. The molecule has 29 heavy (non-hydrogen) atoms. The SMILES string of the molecule is C[C@@H]1CN(Cc2csc(NC(=O)[C@H]3CC(=O)Nc4cc(F)ccc43)n2)C[C@H](C)O1. The van der Waals surface area contributed by atoms with Gasteiger partial charge in [-0.2, -0.15) is 0 Å². The molecule has 0 saturated carbocycles. The number of anilines is 2. The molecule has 1 saturated heterocycles. The topological polar surface area (TPSA) is 83.6 Å². The lowest BCUT2D eigenvalue weighted by atomic mass is 9.90. The first-order valence-electron chi connectivity index (χ1n) is 9.59. The van der Waals surface area contributed by atoms with Gasteiger partial charge in [-0.15, -0.1) is 11.3 Å². The van der Waals surface area contributed by atoms with Crippen LogP contribution in [0.25, 0.3) is 0 Å². The lowest BCUT2D eigenvalue weighted by molar-refractivity contribution is -0.123. The van der Waals surface area contributed by atoms with Gasteiger partial charge in [0.2, 0.25) is 11.8 Å². The van der Waals surface area contributed by atoms with Crippen molar-refractivity contribution in [1.82, 2.24) is 9.88 Å². The van der Waals surface area contributed by atoms with Gasteiger partial charge >= 0.3 is 0 Å². The lowest BCUT2D eigenvalue weighted by Crippen LogP contribution is -2.44. The number of nitrogens with one attached hydrogen (secondary N) is 2. The maximum absolute atomic E-state index is 13.5. The van der Waals surface area contributed by atoms with E-state index in [1.165, 1.54) is 23.5 Å². The molecule has 0 unspecified atom stereocenters. The molecule has 3 heterocycles. The number of aromatic nitrogens is 1. The lowest BCUT2D eigenvalue weighted by Gasteiger charge is -2.34. The van der Waals surface area contributed by atoms with Gasteiger partial charge in [0.1, 0.15) is 5.82 Å². The first-order chi connectivity index (χ1) is 13.9. The van der Waals surface area contributed by atoms with Crippen LogP contribution in [0.3, 0.4) is 0 Å². The highest BCUT2D eigenvalue weighted by molar-refractivity contribution is 7.13. The third-order valence-electron chi connectivity index (χ3n) is 5.03. The summed E-state index contributed by atoms with van der Waals surface area (Å²) in [5, 5.41) is 7.86. The summed E-state index contributed by atoms with van der Waals surface area (Å²) in [6, 6.07) is 4.07. The van der Waals surface area contributed by atoms with Crippen molar-refractivity contribution in [3.05, 3.63) is 40.7 Å². The minimum atomic E-state index is -0.673. The summed E-state index contributed by atoms with van der Waals surface area (Å²) in [5.74, 6) is -1.75. The van der Waals surface area contributed by atoms with Gasteiger partial charge in [0.15, 0.2) is 5.13 Å². The van der Waals surface area contributed by atoms with E-state index >= 15 is 0 Å². The monoisotopic (exact) mass is 418 g/mol. The number of carbonyl (C=O) groups excluding carboxylic acids is 2. The molecule has 7 nitrogen and oxygen atoms in total. The zero-order valence-corrected chi connectivity index (χ0v) is 17.1. The molecule has 4 rings (SSSR count). The first kappa shape index (κ1) is 19.9. The van der Waals surface area contributed by atoms with E-state index in [-0.39, 0.29) is 30.4 Å². The second kappa shape index (κ2) is 8.17. The van der Waals surface area contributed by atoms with Crippen molar-refractivity contribution in [3.63, 3.8) is 0 Å². The molecule has 3 atom stereocenters. The molecule has 154 valence electrons. The average molecular weight is 418 g/mol. The molecule has 0 radical (unpaired) electrons. The van der Waals surface area contributed by atoms with Crippen LogP contribution in [-0.4, -0.2) is 47.0 Å². The van der Waals surface area contributed by atoms with E-state index in [2.05, 4.69) is 34.4 Å². The quantitative estimate of drug-likeness (QED) is 0.798. The number of nitrogens with zero attached hydrogens (tertiary/aromatic N) is 2. The molecular weight excluding hydrogens is 395 g/mol. The summed E-state index contributed by atoms with van der Waals surface area (Å²) in [4.78, 5) is 31.6. The van der Waals surface area contributed by atoms with Crippen LogP contribution in [-0.2, 0) is 20.9 Å². The predicted octanol–water partition coefficient (Wildman–Crippen LogP) is 2.96. The number of rotatable bonds is 4. The van der Waals surface area contributed by atoms with Gasteiger partial charge < -0.3 is 15.4 Å². The summed E-state index contributed by atoms with van der Waals surface area (Å²) in [5.41, 5.74) is 1.84. The molecule has 2 amide bonds. The number of thiazole rings is 1. The molecule has 1 aromatic carbocycles. The molecule has 2 N–H and O–H groups in total. The highest BCUT2D eigenvalue weighted by Gasteiger charge is 2.31. The van der Waals surface area contributed by atoms with Crippen LogP contribution >= 0.6 is 11.3 Å². The summed E-state index contributed by atoms with van der Waals surface area (Å²) >= 11 is 1.36. The highest BCUT2D eigenvalue weighted by atomic mass is 32.1. The number of halogens is 1.